The fraction of sp³-hybridized carbons (Fsp3) is 0.214. The predicted octanol–water partition coefficient (Wildman–Crippen LogP) is 3.23. The van der Waals surface area contributed by atoms with Crippen molar-refractivity contribution in [3.63, 3.8) is 0 Å². The molecule has 0 spiro atoms. The van der Waals surface area contributed by atoms with Crippen LogP contribution in [0, 0.1) is 11.3 Å². The third-order valence-electron chi connectivity index (χ3n) is 3.24. The summed E-state index contributed by atoms with van der Waals surface area (Å²) in [5, 5.41) is 12.1. The second-order valence-electron chi connectivity index (χ2n) is 4.43. The van der Waals surface area contributed by atoms with E-state index in [1.54, 1.807) is 0 Å². The molecule has 0 bridgehead atoms. The van der Waals surface area contributed by atoms with Crippen LogP contribution in [0.5, 0.6) is 0 Å². The summed E-state index contributed by atoms with van der Waals surface area (Å²) in [6.07, 6.45) is 4.92. The molecule has 0 fully saturated rings. The summed E-state index contributed by atoms with van der Waals surface area (Å²) in [5.41, 5.74) is 3.91. The summed E-state index contributed by atoms with van der Waals surface area (Å²) in [6, 6.07) is 8.11. The van der Waals surface area contributed by atoms with Crippen LogP contribution in [0.1, 0.15) is 23.2 Å². The molecule has 5 heteroatoms. The first-order chi connectivity index (χ1) is 9.28. The zero-order chi connectivity index (χ0) is 13.2. The highest BCUT2D eigenvalue weighted by atomic mass is 35.5. The van der Waals surface area contributed by atoms with Crippen LogP contribution in [0.4, 0.5) is 11.5 Å². The Balaban J connectivity index is 1.92. The molecule has 0 atom stereocenters. The molecule has 0 amide bonds. The molecule has 1 aromatic carbocycles. The monoisotopic (exact) mass is 270 g/mol. The highest BCUT2D eigenvalue weighted by Crippen LogP contribution is 2.30. The molecule has 0 radical (unpaired) electrons. The second-order valence-corrected chi connectivity index (χ2v) is 4.79. The van der Waals surface area contributed by atoms with E-state index in [1.165, 1.54) is 23.7 Å². The van der Waals surface area contributed by atoms with Crippen LogP contribution >= 0.6 is 11.6 Å². The van der Waals surface area contributed by atoms with Crippen molar-refractivity contribution in [3.8, 4) is 6.07 Å². The van der Waals surface area contributed by atoms with Crippen LogP contribution in [0.15, 0.2) is 24.4 Å². The Morgan fingerprint density at radius 1 is 1.32 bits per heavy atom. The fourth-order valence-electron chi connectivity index (χ4n) is 2.38. The van der Waals surface area contributed by atoms with Crippen LogP contribution in [-0.4, -0.2) is 9.97 Å². The number of fused-ring (bicyclic) bond motifs is 1. The lowest BCUT2D eigenvalue weighted by atomic mass is 10.1. The van der Waals surface area contributed by atoms with Crippen LogP contribution in [0.2, 0.25) is 5.15 Å². The highest BCUT2D eigenvalue weighted by molar-refractivity contribution is 6.30. The van der Waals surface area contributed by atoms with Crippen molar-refractivity contribution in [2.24, 2.45) is 0 Å². The molecule has 94 valence electrons. The van der Waals surface area contributed by atoms with Gasteiger partial charge < -0.3 is 5.32 Å². The number of halogens is 1. The van der Waals surface area contributed by atoms with E-state index in [4.69, 9.17) is 16.9 Å². The van der Waals surface area contributed by atoms with Gasteiger partial charge >= 0.3 is 0 Å². The topological polar surface area (TPSA) is 61.6 Å². The predicted molar refractivity (Wildman–Crippen MR) is 73.5 cm³/mol. The molecule has 1 aliphatic rings. The van der Waals surface area contributed by atoms with Crippen molar-refractivity contribution < 1.29 is 0 Å². The summed E-state index contributed by atoms with van der Waals surface area (Å²) in [6.45, 7) is 0. The number of nitrogens with zero attached hydrogens (tertiary/aromatic N) is 3. The van der Waals surface area contributed by atoms with Gasteiger partial charge in [-0.2, -0.15) is 5.26 Å². The maximum atomic E-state index is 8.77. The summed E-state index contributed by atoms with van der Waals surface area (Å²) >= 11 is 5.88. The molecular formula is C14H11ClN4. The molecule has 0 saturated carbocycles. The molecule has 1 aromatic heterocycles. The third-order valence-corrected chi connectivity index (χ3v) is 3.51. The van der Waals surface area contributed by atoms with E-state index < -0.39 is 0 Å². The summed E-state index contributed by atoms with van der Waals surface area (Å²) < 4.78 is 0. The van der Waals surface area contributed by atoms with Crippen molar-refractivity contribution >= 4 is 23.1 Å². The zero-order valence-corrected chi connectivity index (χ0v) is 10.9. The molecule has 1 aliphatic carbocycles. The largest absolute Gasteiger partial charge is 0.339 e. The molecular weight excluding hydrogens is 260 g/mol. The normalized spacial score (nSPS) is 12.8. The summed E-state index contributed by atoms with van der Waals surface area (Å²) in [4.78, 5) is 8.10. The molecule has 1 N–H and O–H groups in total. The van der Waals surface area contributed by atoms with Gasteiger partial charge in [-0.25, -0.2) is 9.97 Å². The van der Waals surface area contributed by atoms with Crippen LogP contribution in [0.3, 0.4) is 0 Å². The number of rotatable bonds is 2. The third kappa shape index (κ3) is 2.25. The molecule has 0 aliphatic heterocycles. The Hall–Kier alpha value is -2.12. The molecule has 1 heterocycles. The number of aromatic nitrogens is 2. The van der Waals surface area contributed by atoms with Gasteiger partial charge in [0.25, 0.3) is 0 Å². The van der Waals surface area contributed by atoms with E-state index in [-0.39, 0.29) is 10.8 Å². The van der Waals surface area contributed by atoms with Crippen molar-refractivity contribution in [2.75, 3.05) is 5.32 Å². The maximum Gasteiger partial charge on any atom is 0.178 e. The molecule has 0 saturated heterocycles. The number of hydrogen-bond donors (Lipinski definition) is 1. The fourth-order valence-corrected chi connectivity index (χ4v) is 2.56. The molecule has 4 nitrogen and oxygen atoms in total. The number of aryl methyl sites for hydroxylation is 1. The van der Waals surface area contributed by atoms with Crippen LogP contribution < -0.4 is 5.32 Å². The quantitative estimate of drug-likeness (QED) is 0.910. The van der Waals surface area contributed by atoms with Crippen molar-refractivity contribution in [2.45, 2.75) is 19.3 Å². The van der Waals surface area contributed by atoms with E-state index in [9.17, 15) is 0 Å². The van der Waals surface area contributed by atoms with Crippen LogP contribution in [-0.2, 0) is 12.8 Å². The lowest BCUT2D eigenvalue weighted by Crippen LogP contribution is -2.00. The first kappa shape index (κ1) is 11.9. The Morgan fingerprint density at radius 2 is 2.21 bits per heavy atom. The van der Waals surface area contributed by atoms with Gasteiger partial charge in [-0.3, -0.25) is 0 Å². The number of anilines is 2. The standard InChI is InChI=1S/C14H11ClN4/c15-14-12(7-16)17-8-13(19-14)18-11-6-2-4-9-3-1-5-10(9)11/h2,4,6,8H,1,3,5H2,(H,18,19). The second kappa shape index (κ2) is 4.87. The minimum atomic E-state index is 0.125. The number of nitrogens with one attached hydrogen (secondary N) is 1. The van der Waals surface area contributed by atoms with Gasteiger partial charge in [0, 0.05) is 5.69 Å². The molecule has 19 heavy (non-hydrogen) atoms. The minimum absolute atomic E-state index is 0.125. The summed E-state index contributed by atoms with van der Waals surface area (Å²) in [5.74, 6) is 0.560. The lowest BCUT2D eigenvalue weighted by Gasteiger charge is -2.10. The first-order valence-corrected chi connectivity index (χ1v) is 6.46. The van der Waals surface area contributed by atoms with Gasteiger partial charge in [-0.05, 0) is 36.5 Å². The Labute approximate surface area is 116 Å². The van der Waals surface area contributed by atoms with Gasteiger partial charge in [0.15, 0.2) is 16.7 Å². The Morgan fingerprint density at radius 3 is 3.00 bits per heavy atom. The minimum Gasteiger partial charge on any atom is -0.339 e. The number of hydrogen-bond acceptors (Lipinski definition) is 4. The van der Waals surface area contributed by atoms with Crippen molar-refractivity contribution in [1.82, 2.24) is 9.97 Å². The summed E-state index contributed by atoms with van der Waals surface area (Å²) in [7, 11) is 0. The Bertz CT molecular complexity index is 676. The van der Waals surface area contributed by atoms with E-state index in [2.05, 4.69) is 21.4 Å². The zero-order valence-electron chi connectivity index (χ0n) is 10.2. The van der Waals surface area contributed by atoms with Gasteiger partial charge in [0.05, 0.1) is 6.20 Å². The average molecular weight is 271 g/mol. The SMILES string of the molecule is N#Cc1ncc(Nc2cccc3c2CCC3)nc1Cl. The van der Waals surface area contributed by atoms with E-state index in [0.717, 1.165) is 18.5 Å². The highest BCUT2D eigenvalue weighted by Gasteiger charge is 2.15. The molecule has 2 aromatic rings. The maximum absolute atomic E-state index is 8.77. The van der Waals surface area contributed by atoms with Crippen molar-refractivity contribution in [3.05, 3.63) is 46.4 Å². The number of nitriles is 1. The first-order valence-electron chi connectivity index (χ1n) is 6.08. The average Bonchev–Trinajstić information content (AvgIpc) is 2.88. The van der Waals surface area contributed by atoms with Crippen LogP contribution in [0.25, 0.3) is 0 Å². The van der Waals surface area contributed by atoms with E-state index >= 15 is 0 Å². The van der Waals surface area contributed by atoms with Gasteiger partial charge in [-0.15, -0.1) is 0 Å². The van der Waals surface area contributed by atoms with E-state index in [0.29, 0.717) is 5.82 Å². The van der Waals surface area contributed by atoms with Gasteiger partial charge in [0.2, 0.25) is 0 Å². The van der Waals surface area contributed by atoms with E-state index in [1.807, 2.05) is 18.2 Å². The lowest BCUT2D eigenvalue weighted by molar-refractivity contribution is 0.912. The Kier molecular flexibility index (Phi) is 3.06. The number of benzene rings is 1. The molecule has 0 unspecified atom stereocenters. The van der Waals surface area contributed by atoms with Gasteiger partial charge in [-0.1, -0.05) is 23.7 Å². The van der Waals surface area contributed by atoms with Gasteiger partial charge in [0.1, 0.15) is 6.07 Å². The smallest absolute Gasteiger partial charge is 0.178 e. The molecule has 3 rings (SSSR count). The van der Waals surface area contributed by atoms with Crippen molar-refractivity contribution in [1.29, 1.82) is 5.26 Å².